The van der Waals surface area contributed by atoms with Gasteiger partial charge >= 0.3 is 23.9 Å². The summed E-state index contributed by atoms with van der Waals surface area (Å²) in [5.41, 5.74) is 0.601. The van der Waals surface area contributed by atoms with Crippen molar-refractivity contribution in [1.82, 2.24) is 5.32 Å². The van der Waals surface area contributed by atoms with Gasteiger partial charge in [0.2, 0.25) is 0 Å². The minimum atomic E-state index is -1.31. The molecule has 2 aromatic rings. The molecule has 0 aliphatic carbocycles. The van der Waals surface area contributed by atoms with Gasteiger partial charge in [-0.2, -0.15) is 0 Å². The highest BCUT2D eigenvalue weighted by Crippen LogP contribution is 2.29. The number of anilines is 1. The second kappa shape index (κ2) is 14.2. The highest BCUT2D eigenvalue weighted by atomic mass is 32.1. The minimum Gasteiger partial charge on any atom is -0.463 e. The first-order valence-corrected chi connectivity index (χ1v) is 12.6. The van der Waals surface area contributed by atoms with E-state index in [1.165, 1.54) is 6.92 Å². The van der Waals surface area contributed by atoms with Crippen molar-refractivity contribution in [2.45, 2.75) is 58.3 Å². The Morgan fingerprint density at radius 2 is 1.30 bits per heavy atom. The summed E-state index contributed by atoms with van der Waals surface area (Å²) in [4.78, 5) is 47.3. The summed E-state index contributed by atoms with van der Waals surface area (Å²) in [5.74, 6) is -1.49. The van der Waals surface area contributed by atoms with E-state index in [2.05, 4.69) is 10.6 Å². The van der Waals surface area contributed by atoms with Crippen LogP contribution in [0.15, 0.2) is 54.6 Å². The molecular weight excluding hydrogens is 544 g/mol. The van der Waals surface area contributed by atoms with E-state index in [9.17, 15) is 19.2 Å². The normalized spacial score (nSPS) is 21.8. The zero-order chi connectivity index (χ0) is 29.2. The van der Waals surface area contributed by atoms with E-state index in [4.69, 9.17) is 40.6 Å². The zero-order valence-electron chi connectivity index (χ0n) is 22.3. The van der Waals surface area contributed by atoms with E-state index in [1.807, 2.05) is 30.3 Å². The van der Waals surface area contributed by atoms with Gasteiger partial charge in [0.1, 0.15) is 24.2 Å². The lowest BCUT2D eigenvalue weighted by molar-refractivity contribution is -0.254. The number of hydrogen-bond acceptors (Lipinski definition) is 11. The van der Waals surface area contributed by atoms with Crippen LogP contribution in [0.3, 0.4) is 0 Å². The molecule has 1 heterocycles. The molecule has 13 heteroatoms. The van der Waals surface area contributed by atoms with E-state index < -0.39 is 54.5 Å². The third-order valence-corrected chi connectivity index (χ3v) is 5.58. The predicted molar refractivity (Wildman–Crippen MR) is 144 cm³/mol. The number of esters is 4. The van der Waals surface area contributed by atoms with Gasteiger partial charge in [0.25, 0.3) is 0 Å². The molecule has 3 rings (SSSR count). The maximum Gasteiger partial charge on any atom is 0.303 e. The van der Waals surface area contributed by atoms with Gasteiger partial charge < -0.3 is 39.1 Å². The van der Waals surface area contributed by atoms with Crippen LogP contribution in [-0.2, 0) is 42.9 Å². The van der Waals surface area contributed by atoms with Crippen LogP contribution < -0.4 is 15.4 Å². The van der Waals surface area contributed by atoms with Crippen LogP contribution in [0.4, 0.5) is 5.69 Å². The zero-order valence-corrected chi connectivity index (χ0v) is 23.1. The maximum absolute atomic E-state index is 12.0. The SMILES string of the molecule is CC(=O)OC[C@@H]1O[C@@H](NC(=S)Nc2ccc(Oc3ccccc3)cc2)[C@@H](OC(C)=O)[C@@H](OC(C)=O)[C@H]1OC(C)=O. The fraction of sp³-hybridized carbons (Fsp3) is 0.370. The Morgan fingerprint density at radius 3 is 1.88 bits per heavy atom. The first-order valence-electron chi connectivity index (χ1n) is 12.2. The van der Waals surface area contributed by atoms with Gasteiger partial charge in [-0.15, -0.1) is 0 Å². The van der Waals surface area contributed by atoms with Gasteiger partial charge in [-0.3, -0.25) is 19.2 Å². The number of para-hydroxylation sites is 1. The molecule has 5 atom stereocenters. The van der Waals surface area contributed by atoms with Crippen LogP contribution in [0.25, 0.3) is 0 Å². The molecule has 12 nitrogen and oxygen atoms in total. The Balaban J connectivity index is 1.79. The van der Waals surface area contributed by atoms with Gasteiger partial charge in [-0.05, 0) is 48.6 Å². The second-order valence-electron chi connectivity index (χ2n) is 8.66. The summed E-state index contributed by atoms with van der Waals surface area (Å²) in [5, 5.41) is 5.94. The quantitative estimate of drug-likeness (QED) is 0.257. The molecule has 1 saturated heterocycles. The molecule has 40 heavy (non-hydrogen) atoms. The van der Waals surface area contributed by atoms with Crippen molar-refractivity contribution >= 4 is 46.9 Å². The fourth-order valence-corrected chi connectivity index (χ4v) is 4.11. The molecule has 0 saturated carbocycles. The van der Waals surface area contributed by atoms with Crippen molar-refractivity contribution in [3.63, 3.8) is 0 Å². The van der Waals surface area contributed by atoms with Crippen LogP contribution in [0.2, 0.25) is 0 Å². The Morgan fingerprint density at radius 1 is 0.750 bits per heavy atom. The molecule has 0 spiro atoms. The number of benzene rings is 2. The summed E-state index contributed by atoms with van der Waals surface area (Å²) >= 11 is 5.44. The van der Waals surface area contributed by atoms with Crippen molar-refractivity contribution in [3.8, 4) is 11.5 Å². The average Bonchev–Trinajstić information content (AvgIpc) is 2.87. The Labute approximate surface area is 236 Å². The Hall–Kier alpha value is -4.23. The molecule has 0 radical (unpaired) electrons. The highest BCUT2D eigenvalue weighted by molar-refractivity contribution is 7.80. The molecule has 0 unspecified atom stereocenters. The van der Waals surface area contributed by atoms with Gasteiger partial charge in [0.05, 0.1) is 0 Å². The Bertz CT molecular complexity index is 1210. The molecule has 1 aliphatic heterocycles. The van der Waals surface area contributed by atoms with Crippen LogP contribution in [-0.4, -0.2) is 66.2 Å². The summed E-state index contributed by atoms with van der Waals surface area (Å²) in [7, 11) is 0. The molecule has 2 aromatic carbocycles. The van der Waals surface area contributed by atoms with E-state index in [0.29, 0.717) is 17.2 Å². The molecule has 0 aromatic heterocycles. The number of carbonyl (C=O) groups excluding carboxylic acids is 4. The molecule has 1 fully saturated rings. The number of ether oxygens (including phenoxy) is 6. The monoisotopic (exact) mass is 574 g/mol. The molecule has 0 amide bonds. The van der Waals surface area contributed by atoms with Gasteiger partial charge in [-0.1, -0.05) is 18.2 Å². The lowest BCUT2D eigenvalue weighted by Crippen LogP contribution is -2.66. The van der Waals surface area contributed by atoms with Crippen LogP contribution in [0.5, 0.6) is 11.5 Å². The van der Waals surface area contributed by atoms with E-state index >= 15 is 0 Å². The van der Waals surface area contributed by atoms with Crippen LogP contribution in [0.1, 0.15) is 27.7 Å². The van der Waals surface area contributed by atoms with E-state index in [-0.39, 0.29) is 11.7 Å². The number of carbonyl (C=O) groups is 4. The molecule has 1 aliphatic rings. The predicted octanol–water partition coefficient (Wildman–Crippen LogP) is 2.85. The number of nitrogens with one attached hydrogen (secondary N) is 2. The van der Waals surface area contributed by atoms with Crippen molar-refractivity contribution in [1.29, 1.82) is 0 Å². The van der Waals surface area contributed by atoms with Crippen molar-refractivity contribution in [3.05, 3.63) is 54.6 Å². The maximum atomic E-state index is 12.0. The lowest BCUT2D eigenvalue weighted by atomic mass is 9.97. The fourth-order valence-electron chi connectivity index (χ4n) is 3.87. The Kier molecular flexibility index (Phi) is 10.8. The van der Waals surface area contributed by atoms with Gasteiger partial charge in [-0.25, -0.2) is 0 Å². The number of rotatable bonds is 9. The van der Waals surface area contributed by atoms with Crippen LogP contribution >= 0.6 is 12.2 Å². The summed E-state index contributed by atoms with van der Waals surface area (Å²) in [6.45, 7) is 4.29. The first kappa shape index (κ1) is 30.3. The first-order chi connectivity index (χ1) is 19.0. The largest absolute Gasteiger partial charge is 0.463 e. The number of thiocarbonyl (C=S) groups is 1. The minimum absolute atomic E-state index is 0.0672. The standard InChI is InChI=1S/C27H30N2O10S/c1-15(30)34-14-22-23(35-16(2)31)24(36-17(3)32)25(37-18(4)33)26(39-22)29-27(40)28-19-10-12-21(13-11-19)38-20-8-6-5-7-9-20/h5-13,22-26H,14H2,1-4H3,(H2,28,29,40)/t22-,23-,24-,25-,26+/m0/s1. The third kappa shape index (κ3) is 9.20. The van der Waals surface area contributed by atoms with Gasteiger partial charge in [0, 0.05) is 33.4 Å². The molecule has 214 valence electrons. The van der Waals surface area contributed by atoms with E-state index in [0.717, 1.165) is 20.8 Å². The van der Waals surface area contributed by atoms with Crippen molar-refractivity contribution < 1.29 is 47.6 Å². The highest BCUT2D eigenvalue weighted by Gasteiger charge is 2.52. The summed E-state index contributed by atoms with van der Waals surface area (Å²) in [6.07, 6.45) is -6.16. The molecule has 2 N–H and O–H groups in total. The van der Waals surface area contributed by atoms with E-state index in [1.54, 1.807) is 24.3 Å². The molecule has 0 bridgehead atoms. The molecular formula is C27H30N2O10S. The number of hydrogen-bond donors (Lipinski definition) is 2. The summed E-state index contributed by atoms with van der Waals surface area (Å²) in [6, 6.07) is 16.2. The third-order valence-electron chi connectivity index (χ3n) is 5.36. The van der Waals surface area contributed by atoms with Crippen molar-refractivity contribution in [2.24, 2.45) is 0 Å². The van der Waals surface area contributed by atoms with Gasteiger partial charge in [0.15, 0.2) is 29.7 Å². The average molecular weight is 575 g/mol. The topological polar surface area (TPSA) is 148 Å². The van der Waals surface area contributed by atoms with Crippen LogP contribution in [0, 0.1) is 0 Å². The smallest absolute Gasteiger partial charge is 0.303 e. The van der Waals surface area contributed by atoms with Crippen molar-refractivity contribution in [2.75, 3.05) is 11.9 Å². The lowest BCUT2D eigenvalue weighted by Gasteiger charge is -2.44. The second-order valence-corrected chi connectivity index (χ2v) is 9.07. The summed E-state index contributed by atoms with van der Waals surface area (Å²) < 4.78 is 33.0.